The van der Waals surface area contributed by atoms with Crippen LogP contribution in [-0.4, -0.2) is 42.5 Å². The van der Waals surface area contributed by atoms with Gasteiger partial charge >= 0.3 is 0 Å². The first-order valence-corrected chi connectivity index (χ1v) is 9.65. The highest BCUT2D eigenvalue weighted by atomic mass is 16.2. The number of nitrogens with one attached hydrogen (secondary N) is 2. The molecule has 1 fully saturated rings. The van der Waals surface area contributed by atoms with Gasteiger partial charge in [-0.05, 0) is 29.2 Å². The van der Waals surface area contributed by atoms with Crippen molar-refractivity contribution in [2.75, 3.05) is 31.5 Å². The summed E-state index contributed by atoms with van der Waals surface area (Å²) in [6.45, 7) is 5.84. The highest BCUT2D eigenvalue weighted by Gasteiger charge is 2.48. The zero-order valence-corrected chi connectivity index (χ0v) is 15.4. The van der Waals surface area contributed by atoms with E-state index in [1.54, 1.807) is 0 Å². The van der Waals surface area contributed by atoms with Crippen LogP contribution in [0.15, 0.2) is 48.5 Å². The Labute approximate surface area is 155 Å². The number of rotatable bonds is 4. The number of carbonyl (C=O) groups is 1. The number of fused-ring (bicyclic) bond motifs is 1. The lowest BCUT2D eigenvalue weighted by Gasteiger charge is -2.42. The first-order valence-electron chi connectivity index (χ1n) is 9.65. The molecule has 2 aromatic carbocycles. The maximum Gasteiger partial charge on any atom is 0.245 e. The maximum absolute atomic E-state index is 13.6. The lowest BCUT2D eigenvalue weighted by atomic mass is 9.90. The number of amides is 1. The first kappa shape index (κ1) is 17.3. The molecule has 0 radical (unpaired) electrons. The zero-order chi connectivity index (χ0) is 18.0. The standard InChI is InChI=1S/C22H27N3O/c1-2-17-7-5-6-10-20(17)24-21(26)22(25-13-11-23-12-14-25)15-18-8-3-4-9-19(18)16-22/h3-10,23H,2,11-16H2,1H3,(H,24,26). The second-order valence-corrected chi connectivity index (χ2v) is 7.36. The van der Waals surface area contributed by atoms with Crippen molar-refractivity contribution in [2.24, 2.45) is 0 Å². The number of hydrogen-bond donors (Lipinski definition) is 2. The lowest BCUT2D eigenvalue weighted by molar-refractivity contribution is -0.128. The SMILES string of the molecule is CCc1ccccc1NC(=O)C1(N2CCNCC2)Cc2ccccc2C1. The van der Waals surface area contributed by atoms with Gasteiger partial charge in [0, 0.05) is 44.7 Å². The molecule has 136 valence electrons. The van der Waals surface area contributed by atoms with Crippen molar-refractivity contribution in [2.45, 2.75) is 31.7 Å². The van der Waals surface area contributed by atoms with E-state index in [9.17, 15) is 4.79 Å². The third kappa shape index (κ3) is 3.04. The number of benzene rings is 2. The number of para-hydroxylation sites is 1. The van der Waals surface area contributed by atoms with E-state index in [0.717, 1.165) is 51.1 Å². The van der Waals surface area contributed by atoms with Crippen molar-refractivity contribution in [3.05, 3.63) is 65.2 Å². The Balaban J connectivity index is 1.66. The van der Waals surface area contributed by atoms with E-state index in [4.69, 9.17) is 0 Å². The molecule has 0 unspecified atom stereocenters. The number of aryl methyl sites for hydroxylation is 1. The largest absolute Gasteiger partial charge is 0.324 e. The average molecular weight is 349 g/mol. The van der Waals surface area contributed by atoms with Crippen molar-refractivity contribution in [3.8, 4) is 0 Å². The molecule has 0 bridgehead atoms. The maximum atomic E-state index is 13.6. The summed E-state index contributed by atoms with van der Waals surface area (Å²) in [6, 6.07) is 16.6. The fourth-order valence-corrected chi connectivity index (χ4v) is 4.40. The second kappa shape index (κ2) is 7.22. The molecule has 1 heterocycles. The number of piperazine rings is 1. The van der Waals surface area contributed by atoms with Crippen LogP contribution in [0.4, 0.5) is 5.69 Å². The average Bonchev–Trinajstić information content (AvgIpc) is 3.10. The number of nitrogens with zero attached hydrogens (tertiary/aromatic N) is 1. The van der Waals surface area contributed by atoms with E-state index in [1.165, 1.54) is 16.7 Å². The second-order valence-electron chi connectivity index (χ2n) is 7.36. The Bertz CT molecular complexity index is 770. The van der Waals surface area contributed by atoms with Gasteiger partial charge in [0.25, 0.3) is 0 Å². The highest BCUT2D eigenvalue weighted by Crippen LogP contribution is 2.36. The van der Waals surface area contributed by atoms with Crippen molar-refractivity contribution in [1.82, 2.24) is 10.2 Å². The third-order valence-electron chi connectivity index (χ3n) is 5.88. The molecule has 0 saturated carbocycles. The summed E-state index contributed by atoms with van der Waals surface area (Å²) in [5, 5.41) is 6.69. The summed E-state index contributed by atoms with van der Waals surface area (Å²) in [5.74, 6) is 0.136. The molecular weight excluding hydrogens is 322 g/mol. The van der Waals surface area contributed by atoms with E-state index < -0.39 is 5.54 Å². The van der Waals surface area contributed by atoms with Crippen molar-refractivity contribution in [1.29, 1.82) is 0 Å². The number of anilines is 1. The lowest BCUT2D eigenvalue weighted by Crippen LogP contribution is -2.62. The number of carbonyl (C=O) groups excluding carboxylic acids is 1. The van der Waals surface area contributed by atoms with Gasteiger partial charge in [0.15, 0.2) is 0 Å². The van der Waals surface area contributed by atoms with Crippen LogP contribution in [0.2, 0.25) is 0 Å². The van der Waals surface area contributed by atoms with E-state index in [1.807, 2.05) is 18.2 Å². The molecular formula is C22H27N3O. The van der Waals surface area contributed by atoms with E-state index >= 15 is 0 Å². The summed E-state index contributed by atoms with van der Waals surface area (Å²) in [6.07, 6.45) is 2.50. The van der Waals surface area contributed by atoms with Gasteiger partial charge in [-0.1, -0.05) is 49.4 Å². The van der Waals surface area contributed by atoms with Crippen LogP contribution in [0, 0.1) is 0 Å². The van der Waals surface area contributed by atoms with Gasteiger partial charge in [-0.25, -0.2) is 0 Å². The Morgan fingerprint density at radius 1 is 1.04 bits per heavy atom. The molecule has 1 aliphatic heterocycles. The molecule has 4 heteroatoms. The summed E-state index contributed by atoms with van der Waals surface area (Å²) in [5.41, 5.74) is 4.28. The minimum absolute atomic E-state index is 0.136. The van der Waals surface area contributed by atoms with E-state index in [-0.39, 0.29) is 5.91 Å². The van der Waals surface area contributed by atoms with Crippen LogP contribution in [-0.2, 0) is 24.1 Å². The van der Waals surface area contributed by atoms with Gasteiger partial charge in [-0.2, -0.15) is 0 Å². The van der Waals surface area contributed by atoms with Gasteiger partial charge in [-0.15, -0.1) is 0 Å². The van der Waals surface area contributed by atoms with Crippen LogP contribution >= 0.6 is 0 Å². The number of hydrogen-bond acceptors (Lipinski definition) is 3. The van der Waals surface area contributed by atoms with E-state index in [2.05, 4.69) is 52.8 Å². The van der Waals surface area contributed by atoms with Crippen LogP contribution < -0.4 is 10.6 Å². The Morgan fingerprint density at radius 3 is 2.31 bits per heavy atom. The van der Waals surface area contributed by atoms with Crippen molar-refractivity contribution >= 4 is 11.6 Å². The van der Waals surface area contributed by atoms with Crippen LogP contribution in [0.5, 0.6) is 0 Å². The smallest absolute Gasteiger partial charge is 0.245 e. The summed E-state index contributed by atoms with van der Waals surface area (Å²) in [7, 11) is 0. The van der Waals surface area contributed by atoms with Gasteiger partial charge in [0.05, 0.1) is 0 Å². The van der Waals surface area contributed by atoms with Gasteiger partial charge < -0.3 is 10.6 Å². The Kier molecular flexibility index (Phi) is 4.79. The molecule has 26 heavy (non-hydrogen) atoms. The molecule has 0 aromatic heterocycles. The molecule has 1 saturated heterocycles. The fourth-order valence-electron chi connectivity index (χ4n) is 4.40. The predicted molar refractivity (Wildman–Crippen MR) is 105 cm³/mol. The molecule has 4 rings (SSSR count). The Hall–Kier alpha value is -2.17. The molecule has 2 N–H and O–H groups in total. The van der Waals surface area contributed by atoms with Crippen molar-refractivity contribution in [3.63, 3.8) is 0 Å². The molecule has 2 aromatic rings. The topological polar surface area (TPSA) is 44.4 Å². The van der Waals surface area contributed by atoms with Gasteiger partial charge in [0.2, 0.25) is 5.91 Å². The van der Waals surface area contributed by atoms with E-state index in [0.29, 0.717) is 0 Å². The first-order chi connectivity index (χ1) is 12.7. The molecule has 4 nitrogen and oxygen atoms in total. The fraction of sp³-hybridized carbons (Fsp3) is 0.409. The minimum Gasteiger partial charge on any atom is -0.324 e. The monoisotopic (exact) mass is 349 g/mol. The van der Waals surface area contributed by atoms with Crippen molar-refractivity contribution < 1.29 is 4.79 Å². The third-order valence-corrected chi connectivity index (χ3v) is 5.88. The predicted octanol–water partition coefficient (Wildman–Crippen LogP) is 2.63. The molecule has 0 spiro atoms. The molecule has 0 atom stereocenters. The van der Waals surface area contributed by atoms with Crippen LogP contribution in [0.25, 0.3) is 0 Å². The highest BCUT2D eigenvalue weighted by molar-refractivity contribution is 5.99. The molecule has 1 aliphatic carbocycles. The van der Waals surface area contributed by atoms with Crippen LogP contribution in [0.3, 0.4) is 0 Å². The quantitative estimate of drug-likeness (QED) is 0.892. The Morgan fingerprint density at radius 2 is 1.65 bits per heavy atom. The molecule has 1 amide bonds. The summed E-state index contributed by atoms with van der Waals surface area (Å²) < 4.78 is 0. The van der Waals surface area contributed by atoms with Gasteiger partial charge in [-0.3, -0.25) is 9.69 Å². The van der Waals surface area contributed by atoms with Gasteiger partial charge in [0.1, 0.15) is 5.54 Å². The van der Waals surface area contributed by atoms with Crippen LogP contribution in [0.1, 0.15) is 23.6 Å². The minimum atomic E-state index is -0.480. The summed E-state index contributed by atoms with van der Waals surface area (Å²) >= 11 is 0. The summed E-state index contributed by atoms with van der Waals surface area (Å²) in [4.78, 5) is 16.0. The molecule has 2 aliphatic rings. The normalized spacial score (nSPS) is 19.1. The zero-order valence-electron chi connectivity index (χ0n) is 15.4.